The van der Waals surface area contributed by atoms with Gasteiger partial charge in [-0.3, -0.25) is 24.1 Å². The molecule has 0 radical (unpaired) electrons. The van der Waals surface area contributed by atoms with Crippen molar-refractivity contribution in [3.8, 4) is 22.8 Å². The fraction of sp³-hybridized carbons (Fsp3) is 0.209. The second-order valence-electron chi connectivity index (χ2n) is 14.2. The minimum atomic E-state index is -0.714. The SMILES string of the molecule is CN(C)c1ccc(C[n+]2c(-c3ccncc3)nn(CC(C)(C)n3c(SCC(=O)Nc4ccccc4)nnc3-c3ccncc3)c2SCC(=O)Nc2ccccc2)cc1. The van der Waals surface area contributed by atoms with E-state index in [9.17, 15) is 9.59 Å². The molecule has 15 heteroatoms. The van der Waals surface area contributed by atoms with Gasteiger partial charge in [-0.05, 0) is 91.8 Å². The van der Waals surface area contributed by atoms with Crippen LogP contribution in [0.25, 0.3) is 22.8 Å². The first kappa shape index (κ1) is 39.9. The molecule has 0 atom stereocenters. The molecule has 0 spiro atoms. The van der Waals surface area contributed by atoms with Crippen LogP contribution in [0.1, 0.15) is 19.4 Å². The highest BCUT2D eigenvalue weighted by molar-refractivity contribution is 8.00. The Labute approximate surface area is 346 Å². The standard InChI is InChI=1S/C43H43N11O2S2/c1-43(2,54-39(32-19-23-44-24-20-32)48-49-41(54)57-28-37(55)46-34-11-7-5-8-12-34)30-53-42(58-29-38(56)47-35-13-9-6-10-14-35)52(40(50-53)33-21-25-45-26-22-33)27-31-15-17-36(18-16-31)51(3)4/h5-26H,27-30H2,1-4H3,(H-,46,47,55,56)/p+1. The molecule has 4 heterocycles. The molecule has 13 nitrogen and oxygen atoms in total. The van der Waals surface area contributed by atoms with Crippen LogP contribution in [0.5, 0.6) is 0 Å². The smallest absolute Gasteiger partial charge is 0.310 e. The van der Waals surface area contributed by atoms with Gasteiger partial charge in [0.05, 0.1) is 29.2 Å². The van der Waals surface area contributed by atoms with Gasteiger partial charge in [0.15, 0.2) is 11.0 Å². The summed E-state index contributed by atoms with van der Waals surface area (Å²) in [7, 11) is 4.04. The van der Waals surface area contributed by atoms with Crippen LogP contribution in [0.2, 0.25) is 0 Å². The molecular formula is C43H44N11O2S2+. The summed E-state index contributed by atoms with van der Waals surface area (Å²) in [6, 6.07) is 34.9. The first-order valence-electron chi connectivity index (χ1n) is 18.6. The lowest BCUT2D eigenvalue weighted by Gasteiger charge is -2.27. The summed E-state index contributed by atoms with van der Waals surface area (Å²) in [5, 5.41) is 21.9. The number of carbonyl (C=O) groups excluding carboxylic acids is 2. The van der Waals surface area contributed by atoms with E-state index in [-0.39, 0.29) is 23.3 Å². The van der Waals surface area contributed by atoms with E-state index in [1.807, 2.05) is 104 Å². The highest BCUT2D eigenvalue weighted by atomic mass is 32.2. The molecule has 2 amide bonds. The molecule has 2 N–H and O–H groups in total. The van der Waals surface area contributed by atoms with Crippen molar-refractivity contribution in [3.63, 3.8) is 0 Å². The first-order valence-corrected chi connectivity index (χ1v) is 20.6. The van der Waals surface area contributed by atoms with Gasteiger partial charge < -0.3 is 15.5 Å². The summed E-state index contributed by atoms with van der Waals surface area (Å²) >= 11 is 2.74. The summed E-state index contributed by atoms with van der Waals surface area (Å²) in [5.74, 6) is 1.33. The van der Waals surface area contributed by atoms with Gasteiger partial charge in [0.25, 0.3) is 5.16 Å². The van der Waals surface area contributed by atoms with Gasteiger partial charge in [0, 0.05) is 66.6 Å². The van der Waals surface area contributed by atoms with E-state index in [1.54, 1.807) is 24.8 Å². The zero-order valence-corrected chi connectivity index (χ0v) is 34.3. The van der Waals surface area contributed by atoms with E-state index in [1.165, 1.54) is 23.5 Å². The van der Waals surface area contributed by atoms with Crippen molar-refractivity contribution < 1.29 is 14.2 Å². The van der Waals surface area contributed by atoms with E-state index in [0.29, 0.717) is 24.1 Å². The molecule has 0 saturated carbocycles. The number of anilines is 3. The third kappa shape index (κ3) is 9.79. The summed E-state index contributed by atoms with van der Waals surface area (Å²) in [6.45, 7) is 5.06. The molecule has 0 aliphatic heterocycles. The Bertz CT molecular complexity index is 2440. The van der Waals surface area contributed by atoms with Crippen molar-refractivity contribution in [2.45, 2.75) is 42.8 Å². The Hall–Kier alpha value is -6.32. The molecule has 0 aliphatic carbocycles. The van der Waals surface area contributed by atoms with E-state index >= 15 is 0 Å². The normalized spacial score (nSPS) is 11.3. The number of hydrogen-bond acceptors (Lipinski definition) is 10. The van der Waals surface area contributed by atoms with Gasteiger partial charge in [-0.25, -0.2) is 4.57 Å². The first-order chi connectivity index (χ1) is 28.1. The van der Waals surface area contributed by atoms with Crippen molar-refractivity contribution in [2.24, 2.45) is 0 Å². The predicted molar refractivity (Wildman–Crippen MR) is 230 cm³/mol. The van der Waals surface area contributed by atoms with Gasteiger partial charge >= 0.3 is 5.82 Å². The van der Waals surface area contributed by atoms with Crippen LogP contribution in [0.4, 0.5) is 17.1 Å². The van der Waals surface area contributed by atoms with Gasteiger partial charge in [-0.2, -0.15) is 0 Å². The predicted octanol–water partition coefficient (Wildman–Crippen LogP) is 6.90. The zero-order valence-electron chi connectivity index (χ0n) is 32.7. The number of rotatable bonds is 16. The van der Waals surface area contributed by atoms with Gasteiger partial charge in [-0.15, -0.1) is 10.2 Å². The number of nitrogens with one attached hydrogen (secondary N) is 2. The van der Waals surface area contributed by atoms with Crippen molar-refractivity contribution >= 4 is 52.4 Å². The largest absolute Gasteiger partial charge is 0.378 e. The number of benzene rings is 3. The Kier molecular flexibility index (Phi) is 12.6. The highest BCUT2D eigenvalue weighted by Gasteiger charge is 2.36. The number of amides is 2. The van der Waals surface area contributed by atoms with Crippen LogP contribution in [-0.2, 0) is 28.2 Å². The number of nitrogens with zero attached hydrogens (tertiary/aromatic N) is 9. The van der Waals surface area contributed by atoms with Crippen LogP contribution in [-0.4, -0.2) is 71.9 Å². The number of hydrogen-bond donors (Lipinski definition) is 2. The Morgan fingerprint density at radius 1 is 0.707 bits per heavy atom. The van der Waals surface area contributed by atoms with E-state index in [0.717, 1.165) is 44.7 Å². The topological polar surface area (TPSA) is 140 Å². The average Bonchev–Trinajstić information content (AvgIpc) is 3.82. The number of pyridine rings is 2. The van der Waals surface area contributed by atoms with Crippen LogP contribution < -0.4 is 20.1 Å². The van der Waals surface area contributed by atoms with E-state index in [4.69, 9.17) is 5.10 Å². The molecule has 58 heavy (non-hydrogen) atoms. The van der Waals surface area contributed by atoms with E-state index in [2.05, 4.69) is 82.9 Å². The van der Waals surface area contributed by atoms with Crippen LogP contribution in [0, 0.1) is 0 Å². The lowest BCUT2D eigenvalue weighted by atomic mass is 10.0. The fourth-order valence-electron chi connectivity index (χ4n) is 6.37. The third-order valence-electron chi connectivity index (χ3n) is 9.15. The maximum absolute atomic E-state index is 13.5. The minimum absolute atomic E-state index is 0.123. The Morgan fingerprint density at radius 2 is 1.26 bits per heavy atom. The van der Waals surface area contributed by atoms with Crippen LogP contribution >= 0.6 is 23.5 Å². The summed E-state index contributed by atoms with van der Waals surface area (Å²) in [6.07, 6.45) is 6.95. The lowest BCUT2D eigenvalue weighted by Crippen LogP contribution is -2.40. The van der Waals surface area contributed by atoms with Crippen LogP contribution in [0.3, 0.4) is 0 Å². The second kappa shape index (κ2) is 18.3. The molecule has 0 fully saturated rings. The molecule has 7 aromatic rings. The zero-order chi connectivity index (χ0) is 40.5. The van der Waals surface area contributed by atoms with Gasteiger partial charge in [-0.1, -0.05) is 65.0 Å². The fourth-order valence-corrected chi connectivity index (χ4v) is 8.15. The maximum atomic E-state index is 13.5. The molecule has 3 aromatic carbocycles. The van der Waals surface area contributed by atoms with Crippen LogP contribution in [0.15, 0.2) is 144 Å². The molecule has 0 unspecified atom stereocenters. The second-order valence-corrected chi connectivity index (χ2v) is 16.1. The monoisotopic (exact) mass is 810 g/mol. The van der Waals surface area contributed by atoms with Gasteiger partial charge in [0.1, 0.15) is 6.54 Å². The van der Waals surface area contributed by atoms with Crippen molar-refractivity contribution in [3.05, 3.63) is 140 Å². The molecule has 4 aromatic heterocycles. The molecule has 7 rings (SSSR count). The Balaban J connectivity index is 1.28. The quantitative estimate of drug-likeness (QED) is 0.0783. The van der Waals surface area contributed by atoms with Gasteiger partial charge in [0.2, 0.25) is 11.8 Å². The Morgan fingerprint density at radius 3 is 1.83 bits per heavy atom. The summed E-state index contributed by atoms with van der Waals surface area (Å²) in [4.78, 5) is 37.1. The number of para-hydroxylation sites is 2. The van der Waals surface area contributed by atoms with Crippen molar-refractivity contribution in [2.75, 3.05) is 41.1 Å². The summed E-state index contributed by atoms with van der Waals surface area (Å²) in [5.41, 5.74) is 4.62. The lowest BCUT2D eigenvalue weighted by molar-refractivity contribution is -0.715. The number of carbonyl (C=O) groups is 2. The van der Waals surface area contributed by atoms with E-state index < -0.39 is 5.54 Å². The molecule has 0 saturated heterocycles. The third-order valence-corrected chi connectivity index (χ3v) is 11.2. The molecule has 294 valence electrons. The molecule has 0 bridgehead atoms. The highest BCUT2D eigenvalue weighted by Crippen LogP contribution is 2.33. The summed E-state index contributed by atoms with van der Waals surface area (Å²) < 4.78 is 6.20. The average molecular weight is 811 g/mol. The van der Waals surface area contributed by atoms with Crippen molar-refractivity contribution in [1.82, 2.24) is 34.5 Å². The number of aromatic nitrogens is 8. The maximum Gasteiger partial charge on any atom is 0.310 e. The number of thioether (sulfide) groups is 2. The molecule has 0 aliphatic rings. The van der Waals surface area contributed by atoms with Crippen molar-refractivity contribution in [1.29, 1.82) is 0 Å². The minimum Gasteiger partial charge on any atom is -0.378 e. The molecular weight excluding hydrogens is 767 g/mol.